The van der Waals surface area contributed by atoms with Crippen LogP contribution in [0.2, 0.25) is 0 Å². The fourth-order valence-corrected chi connectivity index (χ4v) is 0.680. The molecule has 0 atom stereocenters. The van der Waals surface area contributed by atoms with Crippen molar-refractivity contribution in [1.29, 1.82) is 0 Å². The van der Waals surface area contributed by atoms with Gasteiger partial charge in [-0.25, -0.2) is 41.1 Å². The second-order valence-corrected chi connectivity index (χ2v) is 6.23. The van der Waals surface area contributed by atoms with E-state index in [4.69, 9.17) is 25.9 Å². The average molecular weight is 412 g/mol. The first-order valence-electron chi connectivity index (χ1n) is 5.25. The zero-order chi connectivity index (χ0) is 16.1. The Morgan fingerprint density at radius 1 is 0.810 bits per heavy atom. The van der Waals surface area contributed by atoms with E-state index in [1.54, 1.807) is 0 Å². The summed E-state index contributed by atoms with van der Waals surface area (Å²) in [6.07, 6.45) is 21.2. The molecule has 0 bridgehead atoms. The first kappa shape index (κ1) is 25.6. The summed E-state index contributed by atoms with van der Waals surface area (Å²) < 4.78 is 54.5. The van der Waals surface area contributed by atoms with Crippen molar-refractivity contribution in [3.8, 4) is 0 Å². The van der Waals surface area contributed by atoms with Gasteiger partial charge in [-0.3, -0.25) is 12.2 Å². The van der Waals surface area contributed by atoms with Gasteiger partial charge in [0.25, 0.3) is 0 Å². The molecule has 0 aromatic rings. The first-order chi connectivity index (χ1) is 9.00. The van der Waals surface area contributed by atoms with E-state index in [0.717, 1.165) is 12.8 Å². The largest absolute Gasteiger partial charge is 4.00 e. The Kier molecular flexibility index (Phi) is 17.8. The summed E-state index contributed by atoms with van der Waals surface area (Å²) in [5, 5.41) is 0. The second kappa shape index (κ2) is 14.6. The fourth-order valence-electron chi connectivity index (χ4n) is 0.680. The Morgan fingerprint density at radius 2 is 1.05 bits per heavy atom. The SMILES string of the molecule is CS(=O)(=O)[O-].CS(=O)(=O)[O-].[C-]1=CC=CC1.[C-]1=CC=CC1.[Zr+4]. The summed E-state index contributed by atoms with van der Waals surface area (Å²) in [5.41, 5.74) is 0. The summed E-state index contributed by atoms with van der Waals surface area (Å²) in [6, 6.07) is 0. The molecule has 0 aliphatic heterocycles. The molecule has 0 unspecified atom stereocenters. The van der Waals surface area contributed by atoms with E-state index in [0.29, 0.717) is 12.5 Å². The van der Waals surface area contributed by atoms with E-state index >= 15 is 0 Å². The molecular formula is C12H16O6S2Zr. The number of hydrogen-bond acceptors (Lipinski definition) is 6. The molecule has 0 saturated heterocycles. The Hall–Kier alpha value is -0.337. The van der Waals surface area contributed by atoms with Crippen LogP contribution < -0.4 is 0 Å². The van der Waals surface area contributed by atoms with Gasteiger partial charge >= 0.3 is 26.2 Å². The van der Waals surface area contributed by atoms with Crippen molar-refractivity contribution in [3.05, 3.63) is 48.6 Å². The summed E-state index contributed by atoms with van der Waals surface area (Å²) in [4.78, 5) is 0. The standard InChI is InChI=1S/2C5H5.2CH4O3S.Zr/c2*1-2-4-5-3-1;2*1-5(2,3)4;/h2*1-3H,4H2;2*1H3,(H,2,3,4);/q2*-1;;;+4/p-2. The third-order valence-electron chi connectivity index (χ3n) is 1.17. The number of hydrogen-bond donors (Lipinski definition) is 0. The Labute approximate surface area is 146 Å². The first-order valence-corrected chi connectivity index (χ1v) is 8.88. The van der Waals surface area contributed by atoms with Crippen molar-refractivity contribution in [2.45, 2.75) is 12.8 Å². The van der Waals surface area contributed by atoms with E-state index < -0.39 is 20.2 Å². The predicted molar refractivity (Wildman–Crippen MR) is 74.4 cm³/mol. The maximum Gasteiger partial charge on any atom is 4.00 e. The quantitative estimate of drug-likeness (QED) is 0.433. The van der Waals surface area contributed by atoms with E-state index in [2.05, 4.69) is 24.3 Å². The topological polar surface area (TPSA) is 114 Å². The Balaban J connectivity index is -0.000000202. The minimum Gasteiger partial charge on any atom is -0.748 e. The van der Waals surface area contributed by atoms with Crippen molar-refractivity contribution < 1.29 is 52.1 Å². The van der Waals surface area contributed by atoms with Crippen LogP contribution in [0.3, 0.4) is 0 Å². The van der Waals surface area contributed by atoms with Gasteiger partial charge in [0.05, 0.1) is 20.2 Å². The molecule has 6 nitrogen and oxygen atoms in total. The zero-order valence-electron chi connectivity index (χ0n) is 11.6. The van der Waals surface area contributed by atoms with Crippen LogP contribution in [-0.2, 0) is 46.4 Å². The molecule has 0 aromatic heterocycles. The van der Waals surface area contributed by atoms with Gasteiger partial charge in [-0.15, -0.1) is 12.8 Å². The van der Waals surface area contributed by atoms with Crippen molar-refractivity contribution in [2.75, 3.05) is 12.5 Å². The minimum atomic E-state index is -3.92. The third kappa shape index (κ3) is 65.7. The van der Waals surface area contributed by atoms with Crippen LogP contribution in [0.1, 0.15) is 12.8 Å². The molecule has 0 radical (unpaired) electrons. The molecule has 0 N–H and O–H groups in total. The van der Waals surface area contributed by atoms with Crippen LogP contribution in [0, 0.1) is 12.2 Å². The maximum absolute atomic E-state index is 9.08. The summed E-state index contributed by atoms with van der Waals surface area (Å²) in [5.74, 6) is 0. The molecular weight excluding hydrogens is 395 g/mol. The number of rotatable bonds is 0. The summed E-state index contributed by atoms with van der Waals surface area (Å²) >= 11 is 0. The van der Waals surface area contributed by atoms with Crippen LogP contribution in [0.5, 0.6) is 0 Å². The molecule has 116 valence electrons. The fraction of sp³-hybridized carbons (Fsp3) is 0.333. The molecule has 0 fully saturated rings. The average Bonchev–Trinajstić information content (AvgIpc) is 2.92. The van der Waals surface area contributed by atoms with Gasteiger partial charge in [0, 0.05) is 12.5 Å². The van der Waals surface area contributed by atoms with Crippen LogP contribution in [0.4, 0.5) is 0 Å². The summed E-state index contributed by atoms with van der Waals surface area (Å²) in [7, 11) is -7.83. The second-order valence-electron chi connectivity index (χ2n) is 3.41. The van der Waals surface area contributed by atoms with E-state index in [1.807, 2.05) is 24.3 Å². The van der Waals surface area contributed by atoms with E-state index in [-0.39, 0.29) is 26.2 Å². The van der Waals surface area contributed by atoms with Gasteiger partial charge in [-0.05, 0) is 0 Å². The molecule has 0 spiro atoms. The monoisotopic (exact) mass is 410 g/mol. The minimum absolute atomic E-state index is 0. The van der Waals surface area contributed by atoms with Crippen molar-refractivity contribution in [3.63, 3.8) is 0 Å². The molecule has 21 heavy (non-hydrogen) atoms. The molecule has 2 rings (SSSR count). The van der Waals surface area contributed by atoms with Gasteiger partial charge in [-0.2, -0.15) is 12.2 Å². The van der Waals surface area contributed by atoms with Crippen molar-refractivity contribution in [1.82, 2.24) is 0 Å². The molecule has 0 saturated carbocycles. The smallest absolute Gasteiger partial charge is 0.748 e. The van der Waals surface area contributed by atoms with Gasteiger partial charge < -0.3 is 9.11 Å². The molecule has 2 aliphatic rings. The summed E-state index contributed by atoms with van der Waals surface area (Å²) in [6.45, 7) is 0. The van der Waals surface area contributed by atoms with Crippen molar-refractivity contribution >= 4 is 20.2 Å². The Bertz CT molecular complexity index is 469. The predicted octanol–water partition coefficient (Wildman–Crippen LogP) is 0.932. The Morgan fingerprint density at radius 3 is 1.10 bits per heavy atom. The van der Waals surface area contributed by atoms with Crippen LogP contribution in [0.25, 0.3) is 0 Å². The molecule has 2 aliphatic carbocycles. The molecule has 0 heterocycles. The van der Waals surface area contributed by atoms with Gasteiger partial charge in [0.1, 0.15) is 0 Å². The van der Waals surface area contributed by atoms with Crippen LogP contribution in [0.15, 0.2) is 36.5 Å². The number of allylic oxidation sites excluding steroid dienone is 8. The molecule has 0 amide bonds. The molecule has 9 heteroatoms. The van der Waals surface area contributed by atoms with Gasteiger partial charge in [0.2, 0.25) is 0 Å². The third-order valence-corrected chi connectivity index (χ3v) is 1.17. The maximum atomic E-state index is 9.08. The van der Waals surface area contributed by atoms with Gasteiger partial charge in [-0.1, -0.05) is 0 Å². The normalized spacial score (nSPS) is 13.9. The van der Waals surface area contributed by atoms with E-state index in [1.165, 1.54) is 0 Å². The van der Waals surface area contributed by atoms with Crippen LogP contribution >= 0.6 is 0 Å². The zero-order valence-corrected chi connectivity index (χ0v) is 15.7. The molecule has 0 aromatic carbocycles. The van der Waals surface area contributed by atoms with Gasteiger partial charge in [0.15, 0.2) is 0 Å². The van der Waals surface area contributed by atoms with E-state index in [9.17, 15) is 0 Å². The van der Waals surface area contributed by atoms with Crippen molar-refractivity contribution in [2.24, 2.45) is 0 Å². The van der Waals surface area contributed by atoms with Crippen LogP contribution in [-0.4, -0.2) is 38.5 Å².